The van der Waals surface area contributed by atoms with Crippen molar-refractivity contribution in [3.63, 3.8) is 0 Å². The van der Waals surface area contributed by atoms with E-state index in [1.54, 1.807) is 0 Å². The van der Waals surface area contributed by atoms with Crippen LogP contribution in [0.5, 0.6) is 0 Å². The van der Waals surface area contributed by atoms with Gasteiger partial charge in [0.15, 0.2) is 0 Å². The van der Waals surface area contributed by atoms with Crippen molar-refractivity contribution in [2.75, 3.05) is 5.32 Å². The molecule has 114 valence electrons. The summed E-state index contributed by atoms with van der Waals surface area (Å²) in [5.74, 6) is 0.493. The van der Waals surface area contributed by atoms with Crippen LogP contribution < -0.4 is 10.6 Å². The molecule has 1 unspecified atom stereocenters. The highest BCUT2D eigenvalue weighted by molar-refractivity contribution is 5.95. The Hall–Kier alpha value is -2.13. The van der Waals surface area contributed by atoms with Gasteiger partial charge in [0.2, 0.25) is 5.91 Å². The highest BCUT2D eigenvalue weighted by Crippen LogP contribution is 2.20. The fraction of sp³-hybridized carbons (Fsp3) is 0.316. The maximum atomic E-state index is 12.5. The van der Waals surface area contributed by atoms with Crippen LogP contribution in [0.4, 0.5) is 5.69 Å². The van der Waals surface area contributed by atoms with Gasteiger partial charge in [0, 0.05) is 12.2 Å². The van der Waals surface area contributed by atoms with E-state index in [2.05, 4.69) is 48.7 Å². The number of carbonyl (C=O) groups excluding carboxylic acids is 1. The standard InChI is InChI=1S/C19H22N2O/c1-13(2)14-8-5-9-17(10-14)21-19(22)18-11-15-6-3-4-7-16(15)12-20-18/h3-10,13,18,20H,11-12H2,1-2H3,(H,21,22). The van der Waals surface area contributed by atoms with Gasteiger partial charge in [-0.2, -0.15) is 0 Å². The quantitative estimate of drug-likeness (QED) is 0.910. The minimum absolute atomic E-state index is 0.0374. The van der Waals surface area contributed by atoms with E-state index in [1.807, 2.05) is 24.3 Å². The summed E-state index contributed by atoms with van der Waals surface area (Å²) in [4.78, 5) is 12.5. The first kappa shape index (κ1) is 14.8. The Morgan fingerprint density at radius 3 is 2.68 bits per heavy atom. The lowest BCUT2D eigenvalue weighted by Crippen LogP contribution is -2.44. The fourth-order valence-corrected chi connectivity index (χ4v) is 2.84. The van der Waals surface area contributed by atoms with Crippen LogP contribution in [0.25, 0.3) is 0 Å². The van der Waals surface area contributed by atoms with Crippen LogP contribution in [-0.2, 0) is 17.8 Å². The predicted molar refractivity (Wildman–Crippen MR) is 89.9 cm³/mol. The SMILES string of the molecule is CC(C)c1cccc(NC(=O)C2Cc3ccccc3CN2)c1. The molecule has 2 aromatic carbocycles. The molecule has 1 heterocycles. The van der Waals surface area contributed by atoms with Crippen molar-refractivity contribution in [3.05, 3.63) is 65.2 Å². The van der Waals surface area contributed by atoms with Gasteiger partial charge in [-0.1, -0.05) is 50.2 Å². The number of anilines is 1. The van der Waals surface area contributed by atoms with Crippen LogP contribution in [0.15, 0.2) is 48.5 Å². The average molecular weight is 294 g/mol. The predicted octanol–water partition coefficient (Wildman–Crippen LogP) is 3.46. The zero-order chi connectivity index (χ0) is 15.5. The Bertz CT molecular complexity index is 679. The Morgan fingerprint density at radius 2 is 1.91 bits per heavy atom. The number of benzene rings is 2. The van der Waals surface area contributed by atoms with Gasteiger partial charge in [-0.3, -0.25) is 4.79 Å². The Balaban J connectivity index is 1.69. The topological polar surface area (TPSA) is 41.1 Å². The van der Waals surface area contributed by atoms with E-state index in [-0.39, 0.29) is 11.9 Å². The van der Waals surface area contributed by atoms with Crippen LogP contribution in [0.3, 0.4) is 0 Å². The van der Waals surface area contributed by atoms with Crippen LogP contribution in [0, 0.1) is 0 Å². The van der Waals surface area contributed by atoms with Crippen molar-refractivity contribution in [1.82, 2.24) is 5.32 Å². The maximum Gasteiger partial charge on any atom is 0.241 e. The monoisotopic (exact) mass is 294 g/mol. The van der Waals surface area contributed by atoms with E-state index in [9.17, 15) is 4.79 Å². The molecule has 1 aliphatic heterocycles. The lowest BCUT2D eigenvalue weighted by molar-refractivity contribution is -0.118. The first-order valence-corrected chi connectivity index (χ1v) is 7.84. The average Bonchev–Trinajstić information content (AvgIpc) is 2.54. The minimum Gasteiger partial charge on any atom is -0.325 e. The summed E-state index contributed by atoms with van der Waals surface area (Å²) in [5, 5.41) is 6.36. The first-order valence-electron chi connectivity index (χ1n) is 7.84. The second-order valence-electron chi connectivity index (χ2n) is 6.18. The molecule has 0 radical (unpaired) electrons. The van der Waals surface area contributed by atoms with E-state index < -0.39 is 0 Å². The van der Waals surface area contributed by atoms with E-state index in [1.165, 1.54) is 16.7 Å². The number of hydrogen-bond donors (Lipinski definition) is 2. The Kier molecular flexibility index (Phi) is 4.25. The molecule has 2 aromatic rings. The van der Waals surface area contributed by atoms with Gasteiger partial charge >= 0.3 is 0 Å². The van der Waals surface area contributed by atoms with Gasteiger partial charge < -0.3 is 10.6 Å². The van der Waals surface area contributed by atoms with Gasteiger partial charge in [0.1, 0.15) is 0 Å². The lowest BCUT2D eigenvalue weighted by Gasteiger charge is -2.25. The Morgan fingerprint density at radius 1 is 1.14 bits per heavy atom. The number of fused-ring (bicyclic) bond motifs is 1. The zero-order valence-corrected chi connectivity index (χ0v) is 13.1. The minimum atomic E-state index is -0.169. The second kappa shape index (κ2) is 6.32. The molecule has 3 rings (SSSR count). The number of rotatable bonds is 3. The first-order chi connectivity index (χ1) is 10.6. The third kappa shape index (κ3) is 3.20. The number of hydrogen-bond acceptors (Lipinski definition) is 2. The molecule has 0 aromatic heterocycles. The molecular weight excluding hydrogens is 272 g/mol. The molecule has 1 aliphatic rings. The Labute approximate surface area is 131 Å². The van der Waals surface area contributed by atoms with Crippen molar-refractivity contribution in [1.29, 1.82) is 0 Å². The molecule has 0 spiro atoms. The second-order valence-corrected chi connectivity index (χ2v) is 6.18. The highest BCUT2D eigenvalue weighted by atomic mass is 16.2. The summed E-state index contributed by atoms with van der Waals surface area (Å²) in [6.45, 7) is 5.06. The van der Waals surface area contributed by atoms with Gasteiger partial charge in [-0.05, 0) is 41.2 Å². The summed E-state index contributed by atoms with van der Waals surface area (Å²) in [6, 6.07) is 16.2. The summed E-state index contributed by atoms with van der Waals surface area (Å²) in [6.07, 6.45) is 0.742. The summed E-state index contributed by atoms with van der Waals surface area (Å²) >= 11 is 0. The zero-order valence-electron chi connectivity index (χ0n) is 13.1. The van der Waals surface area contributed by atoms with E-state index in [0.29, 0.717) is 5.92 Å². The normalized spacial score (nSPS) is 17.1. The van der Waals surface area contributed by atoms with Crippen LogP contribution in [0.2, 0.25) is 0 Å². The molecule has 1 amide bonds. The molecule has 0 fully saturated rings. The smallest absolute Gasteiger partial charge is 0.241 e. The molecule has 3 nitrogen and oxygen atoms in total. The molecular formula is C19H22N2O. The maximum absolute atomic E-state index is 12.5. The third-order valence-electron chi connectivity index (χ3n) is 4.22. The van der Waals surface area contributed by atoms with Gasteiger partial charge in [-0.15, -0.1) is 0 Å². The van der Waals surface area contributed by atoms with Crippen molar-refractivity contribution in [2.24, 2.45) is 0 Å². The van der Waals surface area contributed by atoms with Gasteiger partial charge in [0.05, 0.1) is 6.04 Å². The van der Waals surface area contributed by atoms with Gasteiger partial charge in [0.25, 0.3) is 0 Å². The molecule has 2 N–H and O–H groups in total. The lowest BCUT2D eigenvalue weighted by atomic mass is 9.95. The molecule has 1 atom stereocenters. The number of amides is 1. The summed E-state index contributed by atoms with van der Waals surface area (Å²) < 4.78 is 0. The molecule has 0 bridgehead atoms. The third-order valence-corrected chi connectivity index (χ3v) is 4.22. The molecule has 0 aliphatic carbocycles. The van der Waals surface area contributed by atoms with Crippen LogP contribution >= 0.6 is 0 Å². The van der Waals surface area contributed by atoms with Crippen molar-refractivity contribution in [3.8, 4) is 0 Å². The van der Waals surface area contributed by atoms with E-state index in [4.69, 9.17) is 0 Å². The highest BCUT2D eigenvalue weighted by Gasteiger charge is 2.23. The molecule has 0 saturated heterocycles. The molecule has 3 heteroatoms. The molecule has 22 heavy (non-hydrogen) atoms. The van der Waals surface area contributed by atoms with Gasteiger partial charge in [-0.25, -0.2) is 0 Å². The van der Waals surface area contributed by atoms with Crippen molar-refractivity contribution < 1.29 is 4.79 Å². The van der Waals surface area contributed by atoms with Crippen molar-refractivity contribution in [2.45, 2.75) is 38.8 Å². The summed E-state index contributed by atoms with van der Waals surface area (Å²) in [7, 11) is 0. The van der Waals surface area contributed by atoms with E-state index in [0.717, 1.165) is 18.7 Å². The number of nitrogens with one attached hydrogen (secondary N) is 2. The summed E-state index contributed by atoms with van der Waals surface area (Å²) in [5.41, 5.74) is 4.65. The van der Waals surface area contributed by atoms with E-state index >= 15 is 0 Å². The van der Waals surface area contributed by atoms with Crippen LogP contribution in [-0.4, -0.2) is 11.9 Å². The largest absolute Gasteiger partial charge is 0.325 e. The fourth-order valence-electron chi connectivity index (χ4n) is 2.84. The number of carbonyl (C=O) groups is 1. The van der Waals surface area contributed by atoms with Crippen LogP contribution in [0.1, 0.15) is 36.5 Å². The van der Waals surface area contributed by atoms with Crippen molar-refractivity contribution >= 4 is 11.6 Å². The molecule has 0 saturated carbocycles.